The quantitative estimate of drug-likeness (QED) is 0.568. The van der Waals surface area contributed by atoms with Crippen molar-refractivity contribution in [2.75, 3.05) is 31.3 Å². The van der Waals surface area contributed by atoms with Crippen molar-refractivity contribution in [3.05, 3.63) is 84.3 Å². The molecular weight excluding hydrogens is 368 g/mol. The lowest BCUT2D eigenvalue weighted by molar-refractivity contribution is 0.0939. The van der Waals surface area contributed by atoms with Gasteiger partial charge in [-0.1, -0.05) is 18.2 Å². The highest BCUT2D eigenvalue weighted by molar-refractivity contribution is 6.00. The molecule has 0 fully saturated rings. The third-order valence-electron chi connectivity index (χ3n) is 4.39. The Labute approximate surface area is 169 Å². The van der Waals surface area contributed by atoms with Crippen LogP contribution in [0.5, 0.6) is 0 Å². The Morgan fingerprint density at radius 3 is 2.14 bits per heavy atom. The maximum Gasteiger partial charge on any atom is 0.323 e. The fraction of sp³-hybridized carbons (Fsp3) is 0.182. The molecule has 0 saturated heterocycles. The summed E-state index contributed by atoms with van der Waals surface area (Å²) >= 11 is 0. The molecule has 3 aromatic rings. The van der Waals surface area contributed by atoms with Crippen LogP contribution in [0.3, 0.4) is 0 Å². The van der Waals surface area contributed by atoms with Gasteiger partial charge in [0.05, 0.1) is 12.3 Å². The number of amides is 3. The molecule has 0 aliphatic heterocycles. The number of hydrogen-bond donors (Lipinski definition) is 3. The first-order valence-electron chi connectivity index (χ1n) is 9.24. The summed E-state index contributed by atoms with van der Waals surface area (Å²) in [5.74, 6) is 0.600. The molecule has 0 saturated carbocycles. The van der Waals surface area contributed by atoms with Gasteiger partial charge in [-0.05, 0) is 62.6 Å². The minimum Gasteiger partial charge on any atom is -0.468 e. The van der Waals surface area contributed by atoms with E-state index in [1.807, 2.05) is 49.3 Å². The number of carbonyl (C=O) groups excluding carboxylic acids is 2. The lowest BCUT2D eigenvalue weighted by Gasteiger charge is -2.22. The van der Waals surface area contributed by atoms with E-state index in [9.17, 15) is 9.59 Å². The zero-order valence-corrected chi connectivity index (χ0v) is 16.4. The van der Waals surface area contributed by atoms with Crippen LogP contribution in [-0.2, 0) is 0 Å². The van der Waals surface area contributed by atoms with Crippen LogP contribution in [0.2, 0.25) is 0 Å². The average molecular weight is 392 g/mol. The monoisotopic (exact) mass is 392 g/mol. The SMILES string of the molecule is CN(C)C(CNC(=O)c1ccc(NC(=O)Nc2ccccc2)cc1)c1ccco1. The minimum atomic E-state index is -0.347. The standard InChI is InChI=1S/C22H24N4O3/c1-26(2)19(20-9-6-14-29-20)15-23-21(27)16-10-12-18(13-11-16)25-22(28)24-17-7-4-3-5-8-17/h3-14,19H,15H2,1-2H3,(H,23,27)(H2,24,25,28). The smallest absolute Gasteiger partial charge is 0.323 e. The Hall–Kier alpha value is -3.58. The van der Waals surface area contributed by atoms with Gasteiger partial charge in [0.25, 0.3) is 5.91 Å². The van der Waals surface area contributed by atoms with E-state index in [0.717, 1.165) is 5.76 Å². The van der Waals surface area contributed by atoms with Gasteiger partial charge < -0.3 is 20.4 Å². The van der Waals surface area contributed by atoms with Crippen LogP contribution in [0.4, 0.5) is 16.2 Å². The number of rotatable bonds is 7. The molecular formula is C22H24N4O3. The van der Waals surface area contributed by atoms with E-state index in [4.69, 9.17) is 4.42 Å². The van der Waals surface area contributed by atoms with Crippen molar-refractivity contribution in [2.24, 2.45) is 0 Å². The summed E-state index contributed by atoms with van der Waals surface area (Å²) in [6, 6.07) is 19.2. The summed E-state index contributed by atoms with van der Waals surface area (Å²) in [6.45, 7) is 0.416. The van der Waals surface area contributed by atoms with Gasteiger partial charge in [-0.3, -0.25) is 9.69 Å². The van der Waals surface area contributed by atoms with E-state index in [0.29, 0.717) is 23.5 Å². The van der Waals surface area contributed by atoms with Crippen molar-refractivity contribution >= 4 is 23.3 Å². The molecule has 29 heavy (non-hydrogen) atoms. The number of carbonyl (C=O) groups is 2. The van der Waals surface area contributed by atoms with Gasteiger partial charge in [0.1, 0.15) is 5.76 Å². The molecule has 0 radical (unpaired) electrons. The zero-order chi connectivity index (χ0) is 20.6. The van der Waals surface area contributed by atoms with Crippen LogP contribution in [0.1, 0.15) is 22.2 Å². The average Bonchev–Trinajstić information content (AvgIpc) is 3.23. The van der Waals surface area contributed by atoms with Crippen molar-refractivity contribution in [1.82, 2.24) is 10.2 Å². The highest BCUT2D eigenvalue weighted by Gasteiger charge is 2.18. The molecule has 1 atom stereocenters. The minimum absolute atomic E-state index is 0.0587. The molecule has 3 rings (SSSR count). The molecule has 0 bridgehead atoms. The predicted octanol–water partition coefficient (Wildman–Crippen LogP) is 3.96. The van der Waals surface area contributed by atoms with Crippen molar-refractivity contribution in [1.29, 1.82) is 0 Å². The molecule has 1 unspecified atom stereocenters. The number of nitrogens with one attached hydrogen (secondary N) is 3. The maximum atomic E-state index is 12.5. The van der Waals surface area contributed by atoms with Gasteiger partial charge in [-0.25, -0.2) is 4.79 Å². The largest absolute Gasteiger partial charge is 0.468 e. The van der Waals surface area contributed by atoms with Gasteiger partial charge in [0, 0.05) is 23.5 Å². The number of para-hydroxylation sites is 1. The van der Waals surface area contributed by atoms with E-state index in [1.165, 1.54) is 0 Å². The molecule has 2 aromatic carbocycles. The summed E-state index contributed by atoms with van der Waals surface area (Å²) in [4.78, 5) is 26.5. The highest BCUT2D eigenvalue weighted by atomic mass is 16.3. The second-order valence-corrected chi connectivity index (χ2v) is 6.73. The number of urea groups is 1. The van der Waals surface area contributed by atoms with E-state index >= 15 is 0 Å². The van der Waals surface area contributed by atoms with Crippen molar-refractivity contribution in [3.8, 4) is 0 Å². The zero-order valence-electron chi connectivity index (χ0n) is 16.4. The summed E-state index contributed by atoms with van der Waals surface area (Å²) in [6.07, 6.45) is 1.62. The number of anilines is 2. The molecule has 7 nitrogen and oxygen atoms in total. The van der Waals surface area contributed by atoms with Crippen LogP contribution in [0.25, 0.3) is 0 Å². The molecule has 0 spiro atoms. The van der Waals surface area contributed by atoms with E-state index in [2.05, 4.69) is 16.0 Å². The third-order valence-corrected chi connectivity index (χ3v) is 4.39. The summed E-state index contributed by atoms with van der Waals surface area (Å²) in [5, 5.41) is 8.40. The van der Waals surface area contributed by atoms with E-state index in [1.54, 1.807) is 42.7 Å². The second kappa shape index (κ2) is 9.57. The Morgan fingerprint density at radius 2 is 1.55 bits per heavy atom. The van der Waals surface area contributed by atoms with Crippen LogP contribution in [0.15, 0.2) is 77.4 Å². The van der Waals surface area contributed by atoms with Gasteiger partial charge in [-0.15, -0.1) is 0 Å². The molecule has 1 heterocycles. The van der Waals surface area contributed by atoms with Crippen LogP contribution in [-0.4, -0.2) is 37.5 Å². The Balaban J connectivity index is 1.53. The van der Waals surface area contributed by atoms with Crippen molar-refractivity contribution in [2.45, 2.75) is 6.04 Å². The van der Waals surface area contributed by atoms with E-state index in [-0.39, 0.29) is 18.0 Å². The predicted molar refractivity (Wildman–Crippen MR) is 113 cm³/mol. The first-order chi connectivity index (χ1) is 14.0. The van der Waals surface area contributed by atoms with Gasteiger partial charge in [0.15, 0.2) is 0 Å². The lowest BCUT2D eigenvalue weighted by Crippen LogP contribution is -2.34. The number of hydrogen-bond acceptors (Lipinski definition) is 4. The van der Waals surface area contributed by atoms with Gasteiger partial charge in [-0.2, -0.15) is 0 Å². The van der Waals surface area contributed by atoms with Gasteiger partial charge >= 0.3 is 6.03 Å². The number of likely N-dealkylation sites (N-methyl/N-ethyl adjacent to an activating group) is 1. The summed E-state index contributed by atoms with van der Waals surface area (Å²) in [7, 11) is 3.86. The van der Waals surface area contributed by atoms with Crippen LogP contribution in [0, 0.1) is 0 Å². The third kappa shape index (κ3) is 5.70. The Morgan fingerprint density at radius 1 is 0.897 bits per heavy atom. The lowest BCUT2D eigenvalue weighted by atomic mass is 10.1. The summed E-state index contributed by atoms with van der Waals surface area (Å²) < 4.78 is 5.45. The van der Waals surface area contributed by atoms with E-state index < -0.39 is 0 Å². The molecule has 3 N–H and O–H groups in total. The number of nitrogens with zero attached hydrogens (tertiary/aromatic N) is 1. The second-order valence-electron chi connectivity index (χ2n) is 6.73. The molecule has 1 aromatic heterocycles. The number of furan rings is 1. The first-order valence-corrected chi connectivity index (χ1v) is 9.24. The van der Waals surface area contributed by atoms with Crippen molar-refractivity contribution < 1.29 is 14.0 Å². The fourth-order valence-electron chi connectivity index (χ4n) is 2.83. The Bertz CT molecular complexity index is 922. The summed E-state index contributed by atoms with van der Waals surface area (Å²) in [5.41, 5.74) is 1.81. The molecule has 0 aliphatic carbocycles. The van der Waals surface area contributed by atoms with Gasteiger partial charge in [0.2, 0.25) is 0 Å². The normalized spacial score (nSPS) is 11.7. The fourth-order valence-corrected chi connectivity index (χ4v) is 2.83. The molecule has 0 aliphatic rings. The van der Waals surface area contributed by atoms with Crippen LogP contribution >= 0.6 is 0 Å². The topological polar surface area (TPSA) is 86.6 Å². The van der Waals surface area contributed by atoms with Crippen molar-refractivity contribution in [3.63, 3.8) is 0 Å². The molecule has 7 heteroatoms. The highest BCUT2D eigenvalue weighted by Crippen LogP contribution is 2.18. The Kier molecular flexibility index (Phi) is 6.65. The molecule has 150 valence electrons. The maximum absolute atomic E-state index is 12.5. The van der Waals surface area contributed by atoms with Crippen LogP contribution < -0.4 is 16.0 Å². The first kappa shape index (κ1) is 20.2. The number of benzene rings is 2. The molecule has 3 amide bonds.